The van der Waals surface area contributed by atoms with E-state index < -0.39 is 8.07 Å². The van der Waals surface area contributed by atoms with E-state index in [2.05, 4.69) is 77.9 Å². The first-order valence-electron chi connectivity index (χ1n) is 9.84. The van der Waals surface area contributed by atoms with Gasteiger partial charge in [-0.25, -0.2) is 0 Å². The molecule has 0 saturated heterocycles. The highest BCUT2D eigenvalue weighted by atomic mass is 28.3. The minimum absolute atomic E-state index is 0.590. The van der Waals surface area contributed by atoms with Crippen LogP contribution in [0.25, 0.3) is 10.8 Å². The molecular formula is C24H32OSi. The zero-order chi connectivity index (χ0) is 19.1. The van der Waals surface area contributed by atoms with Crippen LogP contribution in [-0.2, 0) is 0 Å². The van der Waals surface area contributed by atoms with Crippen molar-refractivity contribution in [1.82, 2.24) is 0 Å². The molecule has 0 radical (unpaired) electrons. The maximum absolute atomic E-state index is 6.05. The molecule has 0 aliphatic heterocycles. The quantitative estimate of drug-likeness (QED) is 0.543. The van der Waals surface area contributed by atoms with Crippen molar-refractivity contribution in [3.05, 3.63) is 58.7 Å². The Balaban J connectivity index is 2.32. The maximum Gasteiger partial charge on any atom is 0.125 e. The maximum atomic E-state index is 6.05. The van der Waals surface area contributed by atoms with E-state index >= 15 is 0 Å². The van der Waals surface area contributed by atoms with Crippen molar-refractivity contribution in [1.29, 1.82) is 0 Å². The fourth-order valence-electron chi connectivity index (χ4n) is 5.23. The van der Waals surface area contributed by atoms with Gasteiger partial charge in [-0.2, -0.15) is 0 Å². The molecule has 0 bridgehead atoms. The van der Waals surface area contributed by atoms with Crippen LogP contribution in [0.4, 0.5) is 0 Å². The minimum atomic E-state index is -1.82. The van der Waals surface area contributed by atoms with Crippen molar-refractivity contribution < 1.29 is 4.74 Å². The summed E-state index contributed by atoms with van der Waals surface area (Å²) in [4.78, 5) is 0. The van der Waals surface area contributed by atoms with Crippen LogP contribution in [0.15, 0.2) is 58.7 Å². The summed E-state index contributed by atoms with van der Waals surface area (Å²) in [5.74, 6) is 1.11. The van der Waals surface area contributed by atoms with Crippen LogP contribution >= 0.6 is 0 Å². The predicted octanol–water partition coefficient (Wildman–Crippen LogP) is 6.60. The van der Waals surface area contributed by atoms with Crippen molar-refractivity contribution >= 4 is 24.0 Å². The predicted molar refractivity (Wildman–Crippen MR) is 117 cm³/mol. The molecule has 26 heavy (non-hydrogen) atoms. The average molecular weight is 365 g/mol. The zero-order valence-electron chi connectivity index (χ0n) is 17.4. The topological polar surface area (TPSA) is 9.23 Å². The molecule has 0 atom stereocenters. The zero-order valence-corrected chi connectivity index (χ0v) is 18.4. The molecule has 0 N–H and O–H groups in total. The molecule has 3 rings (SSSR count). The Morgan fingerprint density at radius 1 is 0.846 bits per heavy atom. The van der Waals surface area contributed by atoms with Crippen molar-refractivity contribution in [2.45, 2.75) is 59.2 Å². The lowest BCUT2D eigenvalue weighted by molar-refractivity contribution is 0.422. The van der Waals surface area contributed by atoms with Gasteiger partial charge in [-0.15, -0.1) is 0 Å². The van der Waals surface area contributed by atoms with E-state index in [0.717, 1.165) is 5.75 Å². The number of fused-ring (bicyclic) bond motifs is 1. The first-order valence-corrected chi connectivity index (χ1v) is 12.3. The number of hydrogen-bond acceptors (Lipinski definition) is 1. The van der Waals surface area contributed by atoms with E-state index in [9.17, 15) is 0 Å². The highest BCUT2D eigenvalue weighted by Crippen LogP contribution is 2.50. The first-order chi connectivity index (χ1) is 12.4. The summed E-state index contributed by atoms with van der Waals surface area (Å²) in [6.07, 6.45) is 0. The monoisotopic (exact) mass is 364 g/mol. The number of hydrogen-bond donors (Lipinski definition) is 0. The summed E-state index contributed by atoms with van der Waals surface area (Å²) < 4.78 is 6.05. The van der Waals surface area contributed by atoms with Gasteiger partial charge in [0.2, 0.25) is 0 Å². The molecule has 0 fully saturated rings. The highest BCUT2D eigenvalue weighted by molar-refractivity contribution is 6.94. The van der Waals surface area contributed by atoms with E-state index in [-0.39, 0.29) is 0 Å². The summed E-state index contributed by atoms with van der Waals surface area (Å²) >= 11 is 0. The van der Waals surface area contributed by atoms with Crippen LogP contribution < -0.4 is 9.92 Å². The van der Waals surface area contributed by atoms with Gasteiger partial charge < -0.3 is 4.74 Å². The van der Waals surface area contributed by atoms with E-state index in [1.165, 1.54) is 39.2 Å². The Morgan fingerprint density at radius 2 is 1.42 bits per heavy atom. The summed E-state index contributed by atoms with van der Waals surface area (Å²) in [5, 5.41) is 4.01. The third kappa shape index (κ3) is 2.58. The number of ether oxygens (including phenoxy) is 1. The fraction of sp³-hybridized carbons (Fsp3) is 0.417. The molecule has 0 spiro atoms. The van der Waals surface area contributed by atoms with Crippen LogP contribution in [0.2, 0.25) is 17.6 Å². The van der Waals surface area contributed by atoms with Gasteiger partial charge in [0.25, 0.3) is 0 Å². The van der Waals surface area contributed by atoms with Crippen LogP contribution in [0, 0.1) is 0 Å². The van der Waals surface area contributed by atoms with Gasteiger partial charge in [-0.3, -0.25) is 0 Å². The lowest BCUT2D eigenvalue weighted by Crippen LogP contribution is -2.51. The molecule has 0 aromatic heterocycles. The Kier molecular flexibility index (Phi) is 5.16. The normalized spacial score (nSPS) is 16.1. The second kappa shape index (κ2) is 7.07. The molecule has 2 aromatic rings. The fourth-order valence-corrected chi connectivity index (χ4v) is 10.8. The van der Waals surface area contributed by atoms with Crippen molar-refractivity contribution in [3.8, 4) is 5.75 Å². The Labute approximate surface area is 159 Å². The van der Waals surface area contributed by atoms with E-state index in [0.29, 0.717) is 5.54 Å². The highest BCUT2D eigenvalue weighted by Gasteiger charge is 2.46. The Hall–Kier alpha value is -1.80. The van der Waals surface area contributed by atoms with Gasteiger partial charge in [0.15, 0.2) is 0 Å². The van der Waals surface area contributed by atoms with E-state index in [4.69, 9.17) is 4.74 Å². The molecule has 0 heterocycles. The van der Waals surface area contributed by atoms with Crippen molar-refractivity contribution in [3.63, 3.8) is 0 Å². The second-order valence-corrected chi connectivity index (χ2v) is 12.6. The third-order valence-corrected chi connectivity index (χ3v) is 13.0. The molecule has 0 amide bonds. The van der Waals surface area contributed by atoms with Gasteiger partial charge in [-0.1, -0.05) is 73.5 Å². The Bertz CT molecular complexity index is 876. The minimum Gasteiger partial charge on any atom is -0.496 e. The molecule has 1 aliphatic rings. The first kappa shape index (κ1) is 19.0. The van der Waals surface area contributed by atoms with Crippen LogP contribution in [0.3, 0.4) is 0 Å². The molecule has 138 valence electrons. The summed E-state index contributed by atoms with van der Waals surface area (Å²) in [5.41, 5.74) is 6.78. The largest absolute Gasteiger partial charge is 0.496 e. The lowest BCUT2D eigenvalue weighted by Gasteiger charge is -2.39. The van der Waals surface area contributed by atoms with Crippen molar-refractivity contribution in [2.24, 2.45) is 0 Å². The average Bonchev–Trinajstić information content (AvgIpc) is 2.87. The van der Waals surface area contributed by atoms with Gasteiger partial charge in [0, 0.05) is 10.9 Å². The van der Waals surface area contributed by atoms with Gasteiger partial charge in [-0.05, 0) is 49.4 Å². The Morgan fingerprint density at radius 3 is 1.96 bits per heavy atom. The van der Waals surface area contributed by atoms with Crippen molar-refractivity contribution in [2.75, 3.05) is 7.11 Å². The van der Waals surface area contributed by atoms with Crippen LogP contribution in [0.5, 0.6) is 5.75 Å². The van der Waals surface area contributed by atoms with Crippen LogP contribution in [0.1, 0.15) is 41.5 Å². The second-order valence-electron chi connectivity index (χ2n) is 7.78. The van der Waals surface area contributed by atoms with Gasteiger partial charge >= 0.3 is 0 Å². The molecule has 2 heteroatoms. The number of allylic oxidation sites excluding steroid dienone is 4. The van der Waals surface area contributed by atoms with E-state index in [1.807, 2.05) is 7.11 Å². The molecular weight excluding hydrogens is 332 g/mol. The standard InChI is InChI=1S/C24H32OSi/c1-8-26(9-2,24-18(5)16(3)17(4)19(24)6)22-15-14-20-12-10-11-13-21(20)23(22)25-7/h10-15,24H,8-9H2,1-7H3. The molecule has 2 aromatic carbocycles. The molecule has 1 nitrogen and oxygen atoms in total. The van der Waals surface area contributed by atoms with E-state index in [1.54, 1.807) is 11.1 Å². The number of methoxy groups -OCH3 is 1. The SMILES string of the molecule is CC[Si](CC)(c1ccc2ccccc2c1OC)C1C(C)=C(C)C(C)=C1C. The summed E-state index contributed by atoms with van der Waals surface area (Å²) in [7, 11) is 0.0198. The molecule has 1 aliphatic carbocycles. The van der Waals surface area contributed by atoms with Crippen LogP contribution in [-0.4, -0.2) is 15.2 Å². The summed E-state index contributed by atoms with van der Waals surface area (Å²) in [6.45, 7) is 14.1. The number of benzene rings is 2. The molecule has 0 saturated carbocycles. The van der Waals surface area contributed by atoms with Gasteiger partial charge in [0.05, 0.1) is 7.11 Å². The lowest BCUT2D eigenvalue weighted by atomic mass is 10.1. The smallest absolute Gasteiger partial charge is 0.125 e. The summed E-state index contributed by atoms with van der Waals surface area (Å²) in [6, 6.07) is 15.8. The van der Waals surface area contributed by atoms with Gasteiger partial charge in [0.1, 0.15) is 13.8 Å². The third-order valence-electron chi connectivity index (χ3n) is 7.05. The number of rotatable bonds is 5. The molecule has 0 unspecified atom stereocenters.